The summed E-state index contributed by atoms with van der Waals surface area (Å²) >= 11 is 4.31. The molecule has 0 bridgehead atoms. The summed E-state index contributed by atoms with van der Waals surface area (Å²) in [5.74, 6) is 0.732. The summed E-state index contributed by atoms with van der Waals surface area (Å²) in [5.41, 5.74) is 7.13. The zero-order valence-electron chi connectivity index (χ0n) is 10.9. The Morgan fingerprint density at radius 3 is 2.74 bits per heavy atom. The quantitative estimate of drug-likeness (QED) is 0.653. The fourth-order valence-corrected chi connectivity index (χ4v) is 3.01. The van der Waals surface area contributed by atoms with Gasteiger partial charge in [0.2, 0.25) is 6.33 Å². The highest BCUT2D eigenvalue weighted by molar-refractivity contribution is 7.80. The van der Waals surface area contributed by atoms with Crippen LogP contribution in [0.3, 0.4) is 0 Å². The topological polar surface area (TPSA) is 34.8 Å². The number of thiol groups is 1. The molecule has 100 valence electrons. The van der Waals surface area contributed by atoms with Gasteiger partial charge in [0.15, 0.2) is 0 Å². The van der Waals surface area contributed by atoms with Crippen molar-refractivity contribution in [3.05, 3.63) is 43.0 Å². The van der Waals surface area contributed by atoms with Crippen molar-refractivity contribution in [1.82, 2.24) is 4.57 Å². The number of nitrogens with two attached hydrogens (primary N) is 1. The minimum Gasteiger partial charge on any atom is -0.328 e. The number of hydrogen-bond donors (Lipinski definition) is 2. The second kappa shape index (κ2) is 5.39. The Morgan fingerprint density at radius 2 is 2.05 bits per heavy atom. The van der Waals surface area contributed by atoms with Gasteiger partial charge in [0, 0.05) is 10.9 Å². The molecular formula is C15H20N3S+. The van der Waals surface area contributed by atoms with Crippen LogP contribution in [-0.4, -0.2) is 10.6 Å². The lowest BCUT2D eigenvalue weighted by Gasteiger charge is -2.05. The maximum Gasteiger partial charge on any atom is 0.248 e. The lowest BCUT2D eigenvalue weighted by Crippen LogP contribution is -2.35. The van der Waals surface area contributed by atoms with Crippen LogP contribution in [0, 0.1) is 5.92 Å². The highest BCUT2D eigenvalue weighted by Gasteiger charge is 2.23. The van der Waals surface area contributed by atoms with Crippen LogP contribution in [0.25, 0.3) is 5.69 Å². The van der Waals surface area contributed by atoms with Crippen molar-refractivity contribution in [3.63, 3.8) is 0 Å². The number of hydrogen-bond acceptors (Lipinski definition) is 2. The second-order valence-electron chi connectivity index (χ2n) is 5.47. The molecule has 2 N–H and O–H groups in total. The predicted molar refractivity (Wildman–Crippen MR) is 78.5 cm³/mol. The summed E-state index contributed by atoms with van der Waals surface area (Å²) in [5, 5.41) is 0. The van der Waals surface area contributed by atoms with Crippen LogP contribution in [0.5, 0.6) is 0 Å². The van der Waals surface area contributed by atoms with Crippen molar-refractivity contribution in [2.24, 2.45) is 11.7 Å². The minimum atomic E-state index is 0.413. The molecule has 2 unspecified atom stereocenters. The summed E-state index contributed by atoms with van der Waals surface area (Å²) in [7, 11) is 0. The zero-order valence-corrected chi connectivity index (χ0v) is 11.8. The molecule has 1 saturated carbocycles. The molecule has 0 saturated heterocycles. The van der Waals surface area contributed by atoms with Crippen LogP contribution in [0.2, 0.25) is 0 Å². The molecule has 1 aromatic heterocycles. The predicted octanol–water partition coefficient (Wildman–Crippen LogP) is 2.18. The van der Waals surface area contributed by atoms with E-state index in [1.807, 2.05) is 12.1 Å². The Bertz CT molecular complexity index is 547. The van der Waals surface area contributed by atoms with Gasteiger partial charge in [0.05, 0.1) is 6.54 Å². The van der Waals surface area contributed by atoms with E-state index in [1.54, 1.807) is 0 Å². The number of benzene rings is 1. The highest BCUT2D eigenvalue weighted by atomic mass is 32.1. The summed E-state index contributed by atoms with van der Waals surface area (Å²) in [6, 6.07) is 8.60. The van der Waals surface area contributed by atoms with Gasteiger partial charge < -0.3 is 5.73 Å². The van der Waals surface area contributed by atoms with Gasteiger partial charge in [0.1, 0.15) is 18.1 Å². The molecule has 3 nitrogen and oxygen atoms in total. The van der Waals surface area contributed by atoms with Gasteiger partial charge in [-0.05, 0) is 49.4 Å². The Balaban J connectivity index is 1.71. The van der Waals surface area contributed by atoms with E-state index in [2.05, 4.69) is 52.6 Å². The van der Waals surface area contributed by atoms with Gasteiger partial charge in [0.25, 0.3) is 0 Å². The SMILES string of the molecule is NC1CCC(C[n+]2ccn(-c3ccc(S)cc3)c2)C1. The van der Waals surface area contributed by atoms with E-state index >= 15 is 0 Å². The molecule has 1 fully saturated rings. The molecule has 1 aliphatic rings. The molecule has 4 heteroatoms. The van der Waals surface area contributed by atoms with E-state index in [9.17, 15) is 0 Å². The van der Waals surface area contributed by atoms with Crippen LogP contribution < -0.4 is 10.3 Å². The van der Waals surface area contributed by atoms with Crippen LogP contribution in [0.4, 0.5) is 0 Å². The van der Waals surface area contributed by atoms with Gasteiger partial charge in [-0.15, -0.1) is 12.6 Å². The Labute approximate surface area is 119 Å². The van der Waals surface area contributed by atoms with E-state index in [0.717, 1.165) is 23.8 Å². The highest BCUT2D eigenvalue weighted by Crippen LogP contribution is 2.24. The third-order valence-corrected chi connectivity index (χ3v) is 4.19. The van der Waals surface area contributed by atoms with Gasteiger partial charge in [-0.1, -0.05) is 0 Å². The second-order valence-corrected chi connectivity index (χ2v) is 5.99. The van der Waals surface area contributed by atoms with Crippen LogP contribution in [0.1, 0.15) is 19.3 Å². The van der Waals surface area contributed by atoms with E-state index in [1.165, 1.54) is 18.5 Å². The summed E-state index contributed by atoms with van der Waals surface area (Å²) in [6.45, 7) is 1.07. The Morgan fingerprint density at radius 1 is 1.26 bits per heavy atom. The molecule has 2 atom stereocenters. The average Bonchev–Trinajstić information content (AvgIpc) is 3.00. The first-order valence-electron chi connectivity index (χ1n) is 6.83. The minimum absolute atomic E-state index is 0.413. The van der Waals surface area contributed by atoms with Gasteiger partial charge in [-0.3, -0.25) is 0 Å². The molecule has 3 rings (SSSR count). The maximum atomic E-state index is 5.97. The molecule has 0 aliphatic heterocycles. The van der Waals surface area contributed by atoms with E-state index in [0.29, 0.717) is 6.04 Å². The molecule has 1 aliphatic carbocycles. The Hall–Kier alpha value is -1.26. The normalized spacial score (nSPS) is 22.8. The summed E-state index contributed by atoms with van der Waals surface area (Å²) in [4.78, 5) is 0.990. The first-order valence-corrected chi connectivity index (χ1v) is 7.27. The van der Waals surface area contributed by atoms with Crippen molar-refractivity contribution < 1.29 is 4.57 Å². The van der Waals surface area contributed by atoms with E-state index < -0.39 is 0 Å². The number of imidazole rings is 1. The molecule has 0 amide bonds. The first kappa shape index (κ1) is 12.8. The number of aromatic nitrogens is 2. The molecule has 0 radical (unpaired) electrons. The van der Waals surface area contributed by atoms with E-state index in [4.69, 9.17) is 5.73 Å². The van der Waals surface area contributed by atoms with Crippen LogP contribution >= 0.6 is 12.6 Å². The van der Waals surface area contributed by atoms with Gasteiger partial charge >= 0.3 is 0 Å². The maximum absolute atomic E-state index is 5.97. The van der Waals surface area contributed by atoms with Crippen molar-refractivity contribution in [2.45, 2.75) is 36.7 Å². The van der Waals surface area contributed by atoms with Crippen molar-refractivity contribution in [1.29, 1.82) is 0 Å². The standard InChI is InChI=1S/C15H19N3S/c16-13-2-1-12(9-13)10-17-7-8-18(11-17)14-3-5-15(19)6-4-14/h3-8,11-13H,1-2,9-10,16H2/p+1. The van der Waals surface area contributed by atoms with Crippen LogP contribution in [0.15, 0.2) is 47.9 Å². The summed E-state index contributed by atoms with van der Waals surface area (Å²) < 4.78 is 4.40. The molecular weight excluding hydrogens is 254 g/mol. The largest absolute Gasteiger partial charge is 0.328 e. The van der Waals surface area contributed by atoms with Crippen molar-refractivity contribution >= 4 is 12.6 Å². The van der Waals surface area contributed by atoms with Crippen LogP contribution in [-0.2, 0) is 6.54 Å². The molecule has 19 heavy (non-hydrogen) atoms. The summed E-state index contributed by atoms with van der Waals surface area (Å²) in [6.07, 6.45) is 9.98. The lowest BCUT2D eigenvalue weighted by molar-refractivity contribution is -0.702. The Kier molecular flexibility index (Phi) is 3.62. The fraction of sp³-hybridized carbons (Fsp3) is 0.400. The third-order valence-electron chi connectivity index (χ3n) is 3.89. The number of nitrogens with zero attached hydrogens (tertiary/aromatic N) is 2. The van der Waals surface area contributed by atoms with Gasteiger partial charge in [-0.2, -0.15) is 0 Å². The smallest absolute Gasteiger partial charge is 0.248 e. The first-order chi connectivity index (χ1) is 9.20. The molecule has 2 aromatic rings. The third kappa shape index (κ3) is 3.01. The molecule has 0 spiro atoms. The average molecular weight is 274 g/mol. The van der Waals surface area contributed by atoms with Crippen molar-refractivity contribution in [2.75, 3.05) is 0 Å². The zero-order chi connectivity index (χ0) is 13.2. The van der Waals surface area contributed by atoms with E-state index in [-0.39, 0.29) is 0 Å². The lowest BCUT2D eigenvalue weighted by atomic mass is 10.1. The monoisotopic (exact) mass is 274 g/mol. The number of rotatable bonds is 3. The fourth-order valence-electron chi connectivity index (χ4n) is 2.86. The molecule has 1 aromatic carbocycles. The molecule has 1 heterocycles. The van der Waals surface area contributed by atoms with Gasteiger partial charge in [-0.25, -0.2) is 9.13 Å². The van der Waals surface area contributed by atoms with Crippen molar-refractivity contribution in [3.8, 4) is 5.69 Å².